The topological polar surface area (TPSA) is 49.8 Å². The van der Waals surface area contributed by atoms with Crippen LogP contribution in [0.25, 0.3) is 0 Å². The molecule has 0 amide bonds. The standard InChI is InChI=1S/C8H6F2N2/c9-8(10)5-1-2-7(12)6(3-5)4-11/h1-3,8H,12H2. The molecule has 0 saturated heterocycles. The van der Waals surface area contributed by atoms with Crippen LogP contribution in [0.1, 0.15) is 17.6 Å². The molecule has 1 aromatic carbocycles. The molecule has 0 aliphatic heterocycles. The van der Waals surface area contributed by atoms with Gasteiger partial charge in [-0.15, -0.1) is 0 Å². The van der Waals surface area contributed by atoms with Gasteiger partial charge in [-0.1, -0.05) is 6.07 Å². The molecule has 0 heterocycles. The van der Waals surface area contributed by atoms with Crippen LogP contribution in [-0.2, 0) is 0 Å². The van der Waals surface area contributed by atoms with Crippen molar-refractivity contribution in [3.8, 4) is 6.07 Å². The summed E-state index contributed by atoms with van der Waals surface area (Å²) in [5.41, 5.74) is 5.47. The minimum Gasteiger partial charge on any atom is -0.398 e. The smallest absolute Gasteiger partial charge is 0.263 e. The third-order valence-corrected chi connectivity index (χ3v) is 1.45. The van der Waals surface area contributed by atoms with Crippen LogP contribution >= 0.6 is 0 Å². The van der Waals surface area contributed by atoms with Gasteiger partial charge in [0.2, 0.25) is 0 Å². The Morgan fingerprint density at radius 3 is 2.58 bits per heavy atom. The van der Waals surface area contributed by atoms with E-state index in [-0.39, 0.29) is 16.8 Å². The minimum atomic E-state index is -2.56. The van der Waals surface area contributed by atoms with Crippen LogP contribution < -0.4 is 5.73 Å². The molecule has 62 valence electrons. The second kappa shape index (κ2) is 3.18. The van der Waals surface area contributed by atoms with Gasteiger partial charge in [-0.05, 0) is 12.1 Å². The fourth-order valence-corrected chi connectivity index (χ4v) is 0.806. The lowest BCUT2D eigenvalue weighted by Crippen LogP contribution is -1.92. The molecule has 0 aliphatic carbocycles. The van der Waals surface area contributed by atoms with Crippen LogP contribution in [0.5, 0.6) is 0 Å². The molecule has 0 radical (unpaired) electrons. The summed E-state index contributed by atoms with van der Waals surface area (Å²) in [5.74, 6) is 0. The molecule has 0 aliphatic rings. The van der Waals surface area contributed by atoms with E-state index in [9.17, 15) is 8.78 Å². The van der Waals surface area contributed by atoms with E-state index in [4.69, 9.17) is 11.0 Å². The van der Waals surface area contributed by atoms with Crippen LogP contribution in [-0.4, -0.2) is 0 Å². The molecule has 2 nitrogen and oxygen atoms in total. The van der Waals surface area contributed by atoms with Crippen LogP contribution in [0, 0.1) is 11.3 Å². The van der Waals surface area contributed by atoms with E-state index in [2.05, 4.69) is 0 Å². The zero-order valence-electron chi connectivity index (χ0n) is 6.09. The van der Waals surface area contributed by atoms with Gasteiger partial charge in [0, 0.05) is 11.3 Å². The zero-order chi connectivity index (χ0) is 9.14. The summed E-state index contributed by atoms with van der Waals surface area (Å²) in [4.78, 5) is 0. The Bertz CT molecular complexity index is 328. The van der Waals surface area contributed by atoms with Crippen LogP contribution in [0.3, 0.4) is 0 Å². The van der Waals surface area contributed by atoms with Crippen molar-refractivity contribution >= 4 is 5.69 Å². The normalized spacial score (nSPS) is 9.83. The Hall–Kier alpha value is -1.63. The molecule has 2 N–H and O–H groups in total. The Kier molecular flexibility index (Phi) is 2.24. The van der Waals surface area contributed by atoms with Gasteiger partial charge in [0.15, 0.2) is 0 Å². The third-order valence-electron chi connectivity index (χ3n) is 1.45. The summed E-state index contributed by atoms with van der Waals surface area (Å²) in [6, 6.07) is 5.34. The lowest BCUT2D eigenvalue weighted by Gasteiger charge is -2.01. The first-order valence-electron chi connectivity index (χ1n) is 3.23. The molecule has 12 heavy (non-hydrogen) atoms. The van der Waals surface area contributed by atoms with Gasteiger partial charge < -0.3 is 5.73 Å². The van der Waals surface area contributed by atoms with Gasteiger partial charge in [-0.2, -0.15) is 5.26 Å². The van der Waals surface area contributed by atoms with E-state index in [1.165, 1.54) is 12.1 Å². The number of hydrogen-bond acceptors (Lipinski definition) is 2. The molecule has 0 spiro atoms. The largest absolute Gasteiger partial charge is 0.398 e. The van der Waals surface area contributed by atoms with Gasteiger partial charge in [0.1, 0.15) is 6.07 Å². The van der Waals surface area contributed by atoms with E-state index in [0.29, 0.717) is 0 Å². The predicted octanol–water partition coefficient (Wildman–Crippen LogP) is 2.08. The van der Waals surface area contributed by atoms with Gasteiger partial charge >= 0.3 is 0 Å². The lowest BCUT2D eigenvalue weighted by molar-refractivity contribution is 0.151. The molecule has 0 unspecified atom stereocenters. The fraction of sp³-hybridized carbons (Fsp3) is 0.125. The molecule has 0 atom stereocenters. The second-order valence-corrected chi connectivity index (χ2v) is 2.26. The van der Waals surface area contributed by atoms with Crippen LogP contribution in [0.4, 0.5) is 14.5 Å². The van der Waals surface area contributed by atoms with E-state index in [0.717, 1.165) is 6.07 Å². The number of rotatable bonds is 1. The van der Waals surface area contributed by atoms with Crippen molar-refractivity contribution in [2.75, 3.05) is 5.73 Å². The first-order valence-corrected chi connectivity index (χ1v) is 3.23. The SMILES string of the molecule is N#Cc1cc(C(F)F)ccc1N. The number of nitrogens with two attached hydrogens (primary N) is 1. The number of anilines is 1. The summed E-state index contributed by atoms with van der Waals surface area (Å²) in [7, 11) is 0. The lowest BCUT2D eigenvalue weighted by atomic mass is 10.1. The number of alkyl halides is 2. The van der Waals surface area contributed by atoms with Crippen molar-refractivity contribution in [2.45, 2.75) is 6.43 Å². The maximum atomic E-state index is 12.1. The highest BCUT2D eigenvalue weighted by molar-refractivity contribution is 5.55. The Morgan fingerprint density at radius 2 is 2.08 bits per heavy atom. The fourth-order valence-electron chi connectivity index (χ4n) is 0.806. The van der Waals surface area contributed by atoms with Crippen molar-refractivity contribution in [1.29, 1.82) is 5.26 Å². The quantitative estimate of drug-likeness (QED) is 0.652. The predicted molar refractivity (Wildman–Crippen MR) is 40.5 cm³/mol. The summed E-state index contributed by atoms with van der Waals surface area (Å²) >= 11 is 0. The number of hydrogen-bond donors (Lipinski definition) is 1. The van der Waals surface area contributed by atoms with E-state index >= 15 is 0 Å². The minimum absolute atomic E-state index is 0.0906. The average molecular weight is 168 g/mol. The number of nitrogens with zero attached hydrogens (tertiary/aromatic N) is 1. The van der Waals surface area contributed by atoms with E-state index in [1.807, 2.05) is 0 Å². The first kappa shape index (κ1) is 8.47. The number of benzene rings is 1. The summed E-state index contributed by atoms with van der Waals surface area (Å²) < 4.78 is 24.1. The summed E-state index contributed by atoms with van der Waals surface area (Å²) in [6.07, 6.45) is -2.56. The first-order chi connectivity index (χ1) is 5.65. The van der Waals surface area contributed by atoms with Crippen LogP contribution in [0.15, 0.2) is 18.2 Å². The maximum absolute atomic E-state index is 12.1. The average Bonchev–Trinajstić information content (AvgIpc) is 2.05. The highest BCUT2D eigenvalue weighted by Crippen LogP contribution is 2.22. The number of nitriles is 1. The highest BCUT2D eigenvalue weighted by atomic mass is 19.3. The van der Waals surface area contributed by atoms with Crippen molar-refractivity contribution in [3.05, 3.63) is 29.3 Å². The molecule has 1 rings (SSSR count). The number of nitrogen functional groups attached to an aromatic ring is 1. The molecule has 0 aromatic heterocycles. The van der Waals surface area contributed by atoms with Crippen LogP contribution in [0.2, 0.25) is 0 Å². The molecule has 4 heteroatoms. The van der Waals surface area contributed by atoms with E-state index < -0.39 is 6.43 Å². The van der Waals surface area contributed by atoms with Crippen molar-refractivity contribution in [1.82, 2.24) is 0 Å². The zero-order valence-corrected chi connectivity index (χ0v) is 6.09. The van der Waals surface area contributed by atoms with Gasteiger partial charge in [-0.3, -0.25) is 0 Å². The van der Waals surface area contributed by atoms with Crippen molar-refractivity contribution in [2.24, 2.45) is 0 Å². The molecule has 0 bridgehead atoms. The molecule has 0 saturated carbocycles. The van der Waals surface area contributed by atoms with Gasteiger partial charge in [-0.25, -0.2) is 8.78 Å². The molecule has 0 fully saturated rings. The monoisotopic (exact) mass is 168 g/mol. The third kappa shape index (κ3) is 1.51. The summed E-state index contributed by atoms with van der Waals surface area (Å²) in [5, 5.41) is 8.45. The Balaban J connectivity index is 3.16. The molecular formula is C8H6F2N2. The van der Waals surface area contributed by atoms with E-state index in [1.54, 1.807) is 6.07 Å². The maximum Gasteiger partial charge on any atom is 0.263 e. The Morgan fingerprint density at radius 1 is 1.42 bits per heavy atom. The van der Waals surface area contributed by atoms with Crippen molar-refractivity contribution < 1.29 is 8.78 Å². The molecule has 1 aromatic rings. The number of halogens is 2. The Labute approximate surface area is 68.2 Å². The second-order valence-electron chi connectivity index (χ2n) is 2.26. The van der Waals surface area contributed by atoms with Gasteiger partial charge in [0.25, 0.3) is 6.43 Å². The molecular weight excluding hydrogens is 162 g/mol. The summed E-state index contributed by atoms with van der Waals surface area (Å²) in [6.45, 7) is 0. The van der Waals surface area contributed by atoms with Gasteiger partial charge in [0.05, 0.1) is 5.56 Å². The van der Waals surface area contributed by atoms with Crippen molar-refractivity contribution in [3.63, 3.8) is 0 Å². The highest BCUT2D eigenvalue weighted by Gasteiger charge is 2.08.